The Morgan fingerprint density at radius 3 is 2.19 bits per heavy atom. The molecule has 1 nitrogen and oxygen atoms in total. The predicted molar refractivity (Wildman–Crippen MR) is 86.7 cm³/mol. The second kappa shape index (κ2) is 7.94. The van der Waals surface area contributed by atoms with Gasteiger partial charge in [0.15, 0.2) is 0 Å². The van der Waals surface area contributed by atoms with Crippen LogP contribution < -0.4 is 5.32 Å². The molecule has 0 bridgehead atoms. The number of halogens is 1. The Hall–Kier alpha value is -1.67. The zero-order chi connectivity index (χ0) is 15.1. The third-order valence-corrected chi connectivity index (χ3v) is 3.82. The van der Waals surface area contributed by atoms with E-state index < -0.39 is 0 Å². The third kappa shape index (κ3) is 4.98. The lowest BCUT2D eigenvalue weighted by Crippen LogP contribution is -2.18. The maximum absolute atomic E-state index is 12.9. The second-order valence-electron chi connectivity index (χ2n) is 5.57. The number of hydrogen-bond acceptors (Lipinski definition) is 1. The highest BCUT2D eigenvalue weighted by Gasteiger charge is 2.05. The molecule has 1 N–H and O–H groups in total. The van der Waals surface area contributed by atoms with Gasteiger partial charge in [-0.15, -0.1) is 0 Å². The van der Waals surface area contributed by atoms with Gasteiger partial charge in [0.05, 0.1) is 0 Å². The topological polar surface area (TPSA) is 12.0 Å². The van der Waals surface area contributed by atoms with Gasteiger partial charge in [-0.25, -0.2) is 4.39 Å². The fourth-order valence-electron chi connectivity index (χ4n) is 2.34. The molecule has 1 atom stereocenters. The van der Waals surface area contributed by atoms with Gasteiger partial charge in [-0.1, -0.05) is 49.7 Å². The molecule has 0 saturated heterocycles. The zero-order valence-electron chi connectivity index (χ0n) is 12.9. The fraction of sp³-hybridized carbons (Fsp3) is 0.368. The van der Waals surface area contributed by atoms with Crippen LogP contribution in [0.5, 0.6) is 0 Å². The summed E-state index contributed by atoms with van der Waals surface area (Å²) in [5, 5.41) is 3.47. The highest BCUT2D eigenvalue weighted by atomic mass is 19.1. The van der Waals surface area contributed by atoms with Crippen molar-refractivity contribution in [3.8, 4) is 0 Å². The first kappa shape index (κ1) is 15.7. The lowest BCUT2D eigenvalue weighted by atomic mass is 10.0. The van der Waals surface area contributed by atoms with Gasteiger partial charge in [-0.3, -0.25) is 0 Å². The van der Waals surface area contributed by atoms with Crippen molar-refractivity contribution < 1.29 is 4.39 Å². The van der Waals surface area contributed by atoms with E-state index >= 15 is 0 Å². The van der Waals surface area contributed by atoms with Gasteiger partial charge >= 0.3 is 0 Å². The van der Waals surface area contributed by atoms with Gasteiger partial charge in [0.1, 0.15) is 5.82 Å². The minimum Gasteiger partial charge on any atom is -0.306 e. The van der Waals surface area contributed by atoms with Crippen LogP contribution in [0.15, 0.2) is 48.5 Å². The van der Waals surface area contributed by atoms with E-state index in [0.717, 1.165) is 18.5 Å². The lowest BCUT2D eigenvalue weighted by Gasteiger charge is -2.15. The van der Waals surface area contributed by atoms with E-state index in [-0.39, 0.29) is 11.9 Å². The molecule has 0 aliphatic rings. The molecule has 112 valence electrons. The summed E-state index contributed by atoms with van der Waals surface area (Å²) >= 11 is 0. The van der Waals surface area contributed by atoms with Gasteiger partial charge in [-0.2, -0.15) is 0 Å². The number of aryl methyl sites for hydroxylation is 1. The van der Waals surface area contributed by atoms with Crippen LogP contribution >= 0.6 is 0 Å². The van der Waals surface area contributed by atoms with E-state index in [9.17, 15) is 4.39 Å². The predicted octanol–water partition coefficient (Wildman–Crippen LogP) is 5.02. The lowest BCUT2D eigenvalue weighted by molar-refractivity contribution is 0.572. The van der Waals surface area contributed by atoms with Crippen molar-refractivity contribution >= 4 is 0 Å². The Labute approximate surface area is 127 Å². The maximum atomic E-state index is 12.9. The molecule has 0 aliphatic carbocycles. The Kier molecular flexibility index (Phi) is 5.94. The molecular formula is C19H24FN. The third-order valence-electron chi connectivity index (χ3n) is 3.82. The van der Waals surface area contributed by atoms with Crippen LogP contribution in [-0.4, -0.2) is 0 Å². The normalized spacial score (nSPS) is 12.3. The summed E-state index contributed by atoms with van der Waals surface area (Å²) in [5.41, 5.74) is 3.80. The van der Waals surface area contributed by atoms with E-state index in [1.165, 1.54) is 36.1 Å². The van der Waals surface area contributed by atoms with Gasteiger partial charge < -0.3 is 5.32 Å². The Morgan fingerprint density at radius 1 is 0.952 bits per heavy atom. The van der Waals surface area contributed by atoms with E-state index in [2.05, 4.69) is 43.4 Å². The molecule has 2 aromatic rings. The van der Waals surface area contributed by atoms with Crippen LogP contribution in [0.1, 0.15) is 49.4 Å². The molecule has 1 unspecified atom stereocenters. The van der Waals surface area contributed by atoms with E-state index in [1.807, 2.05) is 12.1 Å². The fourth-order valence-corrected chi connectivity index (χ4v) is 2.34. The smallest absolute Gasteiger partial charge is 0.123 e. The van der Waals surface area contributed by atoms with Crippen molar-refractivity contribution in [3.05, 3.63) is 71.0 Å². The average molecular weight is 285 g/mol. The van der Waals surface area contributed by atoms with E-state index in [4.69, 9.17) is 0 Å². The second-order valence-corrected chi connectivity index (χ2v) is 5.57. The number of nitrogens with one attached hydrogen (secondary N) is 1. The highest BCUT2D eigenvalue weighted by Crippen LogP contribution is 2.15. The summed E-state index contributed by atoms with van der Waals surface area (Å²) in [7, 11) is 0. The highest BCUT2D eigenvalue weighted by molar-refractivity contribution is 5.25. The summed E-state index contributed by atoms with van der Waals surface area (Å²) in [5.74, 6) is -0.186. The summed E-state index contributed by atoms with van der Waals surface area (Å²) in [6.07, 6.45) is 3.64. The van der Waals surface area contributed by atoms with Crippen LogP contribution in [0.3, 0.4) is 0 Å². The molecule has 0 fully saturated rings. The molecule has 0 saturated carbocycles. The van der Waals surface area contributed by atoms with Crippen LogP contribution in [0.2, 0.25) is 0 Å². The van der Waals surface area contributed by atoms with Gasteiger partial charge in [0, 0.05) is 12.6 Å². The van der Waals surface area contributed by atoms with Crippen molar-refractivity contribution in [1.82, 2.24) is 5.32 Å². The quantitative estimate of drug-likeness (QED) is 0.753. The van der Waals surface area contributed by atoms with E-state index in [0.29, 0.717) is 0 Å². The Bertz CT molecular complexity index is 530. The van der Waals surface area contributed by atoms with Gasteiger partial charge in [-0.05, 0) is 48.6 Å². The molecule has 2 heteroatoms. The van der Waals surface area contributed by atoms with E-state index in [1.54, 1.807) is 0 Å². The van der Waals surface area contributed by atoms with Crippen molar-refractivity contribution in [1.29, 1.82) is 0 Å². The minimum absolute atomic E-state index is 0.186. The molecule has 2 rings (SSSR count). The summed E-state index contributed by atoms with van der Waals surface area (Å²) in [4.78, 5) is 0. The Balaban J connectivity index is 1.87. The van der Waals surface area contributed by atoms with Gasteiger partial charge in [0.25, 0.3) is 0 Å². The first-order valence-electron chi connectivity index (χ1n) is 7.75. The minimum atomic E-state index is -0.186. The van der Waals surface area contributed by atoms with Crippen molar-refractivity contribution in [2.24, 2.45) is 0 Å². The standard InChI is InChI=1S/C19H24FN/c1-3-4-5-16-6-10-18(11-7-16)15(2)21-14-17-8-12-19(20)13-9-17/h6-13,15,21H,3-5,14H2,1-2H3. The van der Waals surface area contributed by atoms with Crippen molar-refractivity contribution in [2.45, 2.75) is 45.7 Å². The van der Waals surface area contributed by atoms with Crippen LogP contribution in [0.4, 0.5) is 4.39 Å². The molecule has 0 aliphatic heterocycles. The van der Waals surface area contributed by atoms with Gasteiger partial charge in [0.2, 0.25) is 0 Å². The summed E-state index contributed by atoms with van der Waals surface area (Å²) < 4.78 is 12.9. The first-order valence-corrected chi connectivity index (χ1v) is 7.75. The van der Waals surface area contributed by atoms with Crippen molar-refractivity contribution in [2.75, 3.05) is 0 Å². The summed E-state index contributed by atoms with van der Waals surface area (Å²) in [6.45, 7) is 5.12. The summed E-state index contributed by atoms with van der Waals surface area (Å²) in [6, 6.07) is 15.8. The average Bonchev–Trinajstić information content (AvgIpc) is 2.52. The number of hydrogen-bond donors (Lipinski definition) is 1. The molecule has 0 spiro atoms. The zero-order valence-corrected chi connectivity index (χ0v) is 12.9. The maximum Gasteiger partial charge on any atom is 0.123 e. The van der Waals surface area contributed by atoms with Crippen LogP contribution in [0, 0.1) is 5.82 Å². The molecule has 2 aromatic carbocycles. The number of unbranched alkanes of at least 4 members (excludes halogenated alkanes) is 1. The number of benzene rings is 2. The SMILES string of the molecule is CCCCc1ccc(C(C)NCc2ccc(F)cc2)cc1. The molecule has 0 heterocycles. The molecule has 0 aromatic heterocycles. The molecular weight excluding hydrogens is 261 g/mol. The first-order chi connectivity index (χ1) is 10.2. The van der Waals surface area contributed by atoms with Crippen LogP contribution in [0.25, 0.3) is 0 Å². The number of rotatable bonds is 7. The molecule has 0 amide bonds. The molecule has 0 radical (unpaired) electrons. The largest absolute Gasteiger partial charge is 0.306 e. The Morgan fingerprint density at radius 2 is 1.57 bits per heavy atom. The molecule has 21 heavy (non-hydrogen) atoms. The monoisotopic (exact) mass is 285 g/mol. The van der Waals surface area contributed by atoms with Crippen molar-refractivity contribution in [3.63, 3.8) is 0 Å². The van der Waals surface area contributed by atoms with Crippen LogP contribution in [-0.2, 0) is 13.0 Å².